The normalized spacial score (nSPS) is 22.1. The number of unbranched alkanes of at least 4 members (excludes halogenated alkanes) is 1. The third kappa shape index (κ3) is 6.32. The highest BCUT2D eigenvalue weighted by molar-refractivity contribution is 7.91. The molecular weight excluding hydrogens is 460 g/mol. The van der Waals surface area contributed by atoms with Crippen LogP contribution in [0, 0.1) is 0 Å². The Kier molecular flexibility index (Phi) is 9.50. The minimum Gasteiger partial charge on any atom is -0.496 e. The van der Waals surface area contributed by atoms with Crippen LogP contribution in [0.15, 0.2) is 47.4 Å². The summed E-state index contributed by atoms with van der Waals surface area (Å²) in [6, 6.07) is 13.5. The van der Waals surface area contributed by atoms with Gasteiger partial charge in [-0.2, -0.15) is 0 Å². The van der Waals surface area contributed by atoms with Gasteiger partial charge in [0.05, 0.1) is 23.8 Å². The van der Waals surface area contributed by atoms with E-state index < -0.39 is 15.4 Å². The summed E-state index contributed by atoms with van der Waals surface area (Å²) in [5.41, 5.74) is 2.02. The smallest absolute Gasteiger partial charge is 0.180 e. The van der Waals surface area contributed by atoms with Crippen molar-refractivity contribution in [2.24, 2.45) is 0 Å². The van der Waals surface area contributed by atoms with Crippen molar-refractivity contribution >= 4 is 16.1 Å². The van der Waals surface area contributed by atoms with E-state index in [1.807, 2.05) is 43.3 Å². The first-order chi connectivity index (χ1) is 16.8. The fraction of sp³-hybridized carbons (Fsp3) is 0.536. The van der Waals surface area contributed by atoms with Crippen LogP contribution in [0.4, 0.5) is 0 Å². The van der Waals surface area contributed by atoms with Gasteiger partial charge in [-0.05, 0) is 42.5 Å². The van der Waals surface area contributed by atoms with Crippen molar-refractivity contribution in [3.63, 3.8) is 0 Å². The fourth-order valence-corrected chi connectivity index (χ4v) is 7.19. The topological polar surface area (TPSA) is 84.5 Å². The van der Waals surface area contributed by atoms with Crippen molar-refractivity contribution in [3.8, 4) is 5.75 Å². The maximum absolute atomic E-state index is 13.9. The van der Waals surface area contributed by atoms with Crippen molar-refractivity contribution in [1.82, 2.24) is 10.6 Å². The quantitative estimate of drug-likeness (QED) is 0.401. The Morgan fingerprint density at radius 1 is 1.20 bits per heavy atom. The van der Waals surface area contributed by atoms with Crippen LogP contribution in [0.3, 0.4) is 0 Å². The number of aldehydes is 1. The molecule has 2 aromatic rings. The molecule has 6 nitrogen and oxygen atoms in total. The van der Waals surface area contributed by atoms with Gasteiger partial charge in [0.15, 0.2) is 9.84 Å². The number of ether oxygens (including phenoxy) is 1. The third-order valence-corrected chi connectivity index (χ3v) is 9.21. The highest BCUT2D eigenvalue weighted by Crippen LogP contribution is 2.40. The number of sulfone groups is 1. The minimum atomic E-state index is -3.57. The molecule has 3 atom stereocenters. The van der Waals surface area contributed by atoms with Gasteiger partial charge in [0.25, 0.3) is 0 Å². The molecule has 1 unspecified atom stereocenters. The lowest BCUT2D eigenvalue weighted by molar-refractivity contribution is -0.108. The average molecular weight is 501 g/mol. The van der Waals surface area contributed by atoms with E-state index in [0.717, 1.165) is 55.1 Å². The number of rotatable bonds is 12. The number of nitrogens with one attached hydrogen (secondary N) is 2. The van der Waals surface area contributed by atoms with Crippen LogP contribution < -0.4 is 15.4 Å². The zero-order valence-electron chi connectivity index (χ0n) is 21.5. The van der Waals surface area contributed by atoms with Gasteiger partial charge in [0.1, 0.15) is 12.0 Å². The second kappa shape index (κ2) is 12.2. The van der Waals surface area contributed by atoms with Crippen LogP contribution in [-0.4, -0.2) is 39.1 Å². The summed E-state index contributed by atoms with van der Waals surface area (Å²) < 4.78 is 33.6. The Morgan fingerprint density at radius 2 is 1.94 bits per heavy atom. The first-order valence-corrected chi connectivity index (χ1v) is 14.4. The molecule has 0 radical (unpaired) electrons. The van der Waals surface area contributed by atoms with Crippen LogP contribution in [0.5, 0.6) is 5.75 Å². The number of benzene rings is 2. The van der Waals surface area contributed by atoms with Crippen molar-refractivity contribution in [2.45, 2.75) is 88.4 Å². The highest BCUT2D eigenvalue weighted by atomic mass is 32.2. The van der Waals surface area contributed by atoms with E-state index in [1.165, 1.54) is 0 Å². The summed E-state index contributed by atoms with van der Waals surface area (Å²) >= 11 is 0. The van der Waals surface area contributed by atoms with Crippen LogP contribution in [-0.2, 0) is 21.2 Å². The number of carbonyl (C=O) groups is 1. The number of methoxy groups -OCH3 is 1. The predicted molar refractivity (Wildman–Crippen MR) is 141 cm³/mol. The van der Waals surface area contributed by atoms with Gasteiger partial charge >= 0.3 is 0 Å². The van der Waals surface area contributed by atoms with Crippen molar-refractivity contribution in [2.75, 3.05) is 12.9 Å². The maximum atomic E-state index is 13.9. The van der Waals surface area contributed by atoms with Gasteiger partial charge in [-0.25, -0.2) is 8.42 Å². The summed E-state index contributed by atoms with van der Waals surface area (Å²) in [4.78, 5) is 11.4. The summed E-state index contributed by atoms with van der Waals surface area (Å²) in [7, 11) is -1.96. The summed E-state index contributed by atoms with van der Waals surface area (Å²) in [6.45, 7) is 6.66. The molecule has 3 rings (SSSR count). The van der Waals surface area contributed by atoms with Gasteiger partial charge in [-0.15, -0.1) is 0 Å². The first kappa shape index (κ1) is 27.4. The highest BCUT2D eigenvalue weighted by Gasteiger charge is 2.42. The monoisotopic (exact) mass is 500 g/mol. The summed E-state index contributed by atoms with van der Waals surface area (Å²) in [5.74, 6) is 0.710. The SMILES string of the molecule is CCCC[C@]1(CC)CS(=O)(=O)c2cc(CNC(CC)CC=O)c(OC)cc2[C@@H](c2ccccc2)N1. The van der Waals surface area contributed by atoms with E-state index in [9.17, 15) is 13.2 Å². The summed E-state index contributed by atoms with van der Waals surface area (Å²) in [6.07, 6.45) is 5.62. The minimum absolute atomic E-state index is 0.0353. The Balaban J connectivity index is 2.15. The van der Waals surface area contributed by atoms with Crippen molar-refractivity contribution < 1.29 is 17.9 Å². The zero-order valence-corrected chi connectivity index (χ0v) is 22.3. The van der Waals surface area contributed by atoms with Gasteiger partial charge in [0, 0.05) is 30.1 Å². The van der Waals surface area contributed by atoms with E-state index in [0.29, 0.717) is 23.6 Å². The molecule has 0 bridgehead atoms. The van der Waals surface area contributed by atoms with Gasteiger partial charge in [-0.3, -0.25) is 5.32 Å². The van der Waals surface area contributed by atoms with E-state index >= 15 is 0 Å². The molecule has 2 aromatic carbocycles. The van der Waals surface area contributed by atoms with Crippen LogP contribution in [0.2, 0.25) is 0 Å². The lowest BCUT2D eigenvalue weighted by atomic mass is 9.88. The van der Waals surface area contributed by atoms with Gasteiger partial charge in [-0.1, -0.05) is 63.9 Å². The van der Waals surface area contributed by atoms with Crippen LogP contribution in [0.1, 0.15) is 82.0 Å². The molecule has 35 heavy (non-hydrogen) atoms. The van der Waals surface area contributed by atoms with E-state index in [4.69, 9.17) is 4.74 Å². The molecule has 1 aliphatic heterocycles. The van der Waals surface area contributed by atoms with E-state index in [2.05, 4.69) is 24.5 Å². The van der Waals surface area contributed by atoms with E-state index in [-0.39, 0.29) is 17.8 Å². The Morgan fingerprint density at radius 3 is 2.54 bits per heavy atom. The molecule has 1 aliphatic rings. The standard InChI is InChI=1S/C28H40N2O4S/c1-5-8-15-28(7-3)20-35(32,33)26-17-22(19-29-23(6-2)14-16-31)25(34-4)18-24(26)27(30-28)21-12-10-9-11-13-21/h9-13,16-18,23,27,29-30H,5-8,14-15,19-20H2,1-4H3/t23?,27-,28-/m1/s1. The first-order valence-electron chi connectivity index (χ1n) is 12.8. The lowest BCUT2D eigenvalue weighted by Gasteiger charge is -2.36. The molecule has 7 heteroatoms. The van der Waals surface area contributed by atoms with Crippen molar-refractivity contribution in [3.05, 3.63) is 59.2 Å². The molecule has 0 fully saturated rings. The molecular formula is C28H40N2O4S. The molecule has 2 N–H and O–H groups in total. The zero-order chi connectivity index (χ0) is 25.5. The largest absolute Gasteiger partial charge is 0.496 e. The summed E-state index contributed by atoms with van der Waals surface area (Å²) in [5, 5.41) is 7.19. The third-order valence-electron chi connectivity index (χ3n) is 7.25. The second-order valence-electron chi connectivity index (χ2n) is 9.57. The molecule has 1 heterocycles. The molecule has 0 aliphatic carbocycles. The van der Waals surface area contributed by atoms with Gasteiger partial charge in [0.2, 0.25) is 0 Å². The maximum Gasteiger partial charge on any atom is 0.180 e. The predicted octanol–water partition coefficient (Wildman–Crippen LogP) is 4.96. The number of hydrogen-bond donors (Lipinski definition) is 2. The lowest BCUT2D eigenvalue weighted by Crippen LogP contribution is -2.50. The Labute approximate surface area is 210 Å². The molecule has 0 amide bonds. The molecule has 0 aromatic heterocycles. The molecule has 0 saturated heterocycles. The Bertz CT molecular complexity index is 1090. The van der Waals surface area contributed by atoms with Crippen LogP contribution >= 0.6 is 0 Å². The molecule has 0 saturated carbocycles. The second-order valence-corrected chi connectivity index (χ2v) is 11.5. The number of carbonyl (C=O) groups excluding carboxylic acids is 1. The number of hydrogen-bond acceptors (Lipinski definition) is 6. The molecule has 0 spiro atoms. The van der Waals surface area contributed by atoms with Gasteiger partial charge < -0.3 is 14.8 Å². The fourth-order valence-electron chi connectivity index (χ4n) is 5.02. The molecule has 192 valence electrons. The van der Waals surface area contributed by atoms with Crippen molar-refractivity contribution in [1.29, 1.82) is 0 Å². The number of fused-ring (bicyclic) bond motifs is 1. The van der Waals surface area contributed by atoms with E-state index in [1.54, 1.807) is 13.2 Å². The Hall–Kier alpha value is -2.22. The average Bonchev–Trinajstić information content (AvgIpc) is 2.97. The van der Waals surface area contributed by atoms with Crippen LogP contribution in [0.25, 0.3) is 0 Å².